The summed E-state index contributed by atoms with van der Waals surface area (Å²) in [5.74, 6) is -0.149. The van der Waals surface area contributed by atoms with Gasteiger partial charge in [-0.2, -0.15) is 0 Å². The average molecular weight is 436 g/mol. The second-order valence-electron chi connectivity index (χ2n) is 10.3. The van der Waals surface area contributed by atoms with Crippen molar-refractivity contribution >= 4 is 17.5 Å². The molecular weight excluding hydrogens is 402 g/mol. The molecule has 0 spiro atoms. The van der Waals surface area contributed by atoms with E-state index in [2.05, 4.69) is 18.2 Å². The molecule has 3 rings (SSSR count). The Kier molecular flexibility index (Phi) is 6.61. The smallest absolute Gasteiger partial charge is 0.316 e. The number of allylic oxidation sites excluding steroid dienone is 1. The van der Waals surface area contributed by atoms with Crippen molar-refractivity contribution in [2.24, 2.45) is 16.6 Å². The maximum absolute atomic E-state index is 12.9. The van der Waals surface area contributed by atoms with Crippen LogP contribution in [0.5, 0.6) is 11.5 Å². The molecule has 32 heavy (non-hydrogen) atoms. The molecule has 0 aromatic heterocycles. The van der Waals surface area contributed by atoms with Gasteiger partial charge in [0.2, 0.25) is 0 Å². The number of benzene rings is 2. The molecule has 2 aromatic carbocycles. The van der Waals surface area contributed by atoms with E-state index in [9.17, 15) is 9.59 Å². The van der Waals surface area contributed by atoms with Gasteiger partial charge in [-0.1, -0.05) is 42.5 Å². The number of fused-ring (bicyclic) bond motifs is 1. The highest BCUT2D eigenvalue weighted by Gasteiger charge is 2.32. The summed E-state index contributed by atoms with van der Waals surface area (Å²) in [5.41, 5.74) is 8.56. The van der Waals surface area contributed by atoms with E-state index in [0.717, 1.165) is 22.3 Å². The SMILES string of the molecule is CC(C)(C)C(=O)Oc1ccc2c(c1OC(=O)C(C)(C)C)CC(c1ccccc1)C=C2CN. The molecule has 1 unspecified atom stereocenters. The van der Waals surface area contributed by atoms with Crippen LogP contribution < -0.4 is 15.2 Å². The minimum Gasteiger partial charge on any atom is -0.422 e. The Labute approximate surface area is 190 Å². The third kappa shape index (κ3) is 5.10. The lowest BCUT2D eigenvalue weighted by molar-refractivity contribution is -0.145. The predicted molar refractivity (Wildman–Crippen MR) is 127 cm³/mol. The molecule has 2 N–H and O–H groups in total. The van der Waals surface area contributed by atoms with Crippen LogP contribution in [0.25, 0.3) is 5.57 Å². The maximum Gasteiger partial charge on any atom is 0.316 e. The van der Waals surface area contributed by atoms with E-state index < -0.39 is 16.8 Å². The van der Waals surface area contributed by atoms with Crippen LogP contribution in [0.2, 0.25) is 0 Å². The summed E-state index contributed by atoms with van der Waals surface area (Å²) < 4.78 is 11.6. The molecule has 0 aliphatic heterocycles. The molecule has 0 amide bonds. The highest BCUT2D eigenvalue weighted by molar-refractivity contribution is 5.84. The molecule has 5 nitrogen and oxygen atoms in total. The fourth-order valence-electron chi connectivity index (χ4n) is 3.50. The second-order valence-corrected chi connectivity index (χ2v) is 10.3. The van der Waals surface area contributed by atoms with Gasteiger partial charge in [-0.3, -0.25) is 9.59 Å². The van der Waals surface area contributed by atoms with Crippen LogP contribution in [0, 0.1) is 10.8 Å². The summed E-state index contributed by atoms with van der Waals surface area (Å²) in [6, 6.07) is 13.7. The second kappa shape index (κ2) is 8.91. The number of carbonyl (C=O) groups excluding carboxylic acids is 2. The van der Waals surface area contributed by atoms with Crippen molar-refractivity contribution in [1.29, 1.82) is 0 Å². The molecule has 1 aliphatic carbocycles. The molecule has 0 radical (unpaired) electrons. The Hall–Kier alpha value is -2.92. The first kappa shape index (κ1) is 23.7. The first-order valence-electron chi connectivity index (χ1n) is 11.0. The summed E-state index contributed by atoms with van der Waals surface area (Å²) in [6.07, 6.45) is 2.78. The zero-order valence-corrected chi connectivity index (χ0v) is 19.8. The van der Waals surface area contributed by atoms with E-state index in [4.69, 9.17) is 15.2 Å². The molecule has 0 saturated carbocycles. The van der Waals surface area contributed by atoms with E-state index >= 15 is 0 Å². The number of carbonyl (C=O) groups is 2. The molecule has 2 aromatic rings. The van der Waals surface area contributed by atoms with Crippen molar-refractivity contribution < 1.29 is 19.1 Å². The first-order chi connectivity index (χ1) is 14.9. The Morgan fingerprint density at radius 1 is 0.906 bits per heavy atom. The van der Waals surface area contributed by atoms with Crippen molar-refractivity contribution in [1.82, 2.24) is 0 Å². The Balaban J connectivity index is 2.14. The van der Waals surface area contributed by atoms with Crippen molar-refractivity contribution in [2.75, 3.05) is 6.54 Å². The normalized spacial score (nSPS) is 16.1. The van der Waals surface area contributed by atoms with Crippen LogP contribution in [0.3, 0.4) is 0 Å². The van der Waals surface area contributed by atoms with Gasteiger partial charge in [0.1, 0.15) is 0 Å². The highest BCUT2D eigenvalue weighted by Crippen LogP contribution is 2.44. The van der Waals surface area contributed by atoms with Gasteiger partial charge in [-0.05, 0) is 70.7 Å². The van der Waals surface area contributed by atoms with Crippen molar-refractivity contribution in [2.45, 2.75) is 53.9 Å². The fraction of sp³-hybridized carbons (Fsp3) is 0.407. The number of ether oxygens (including phenoxy) is 2. The molecule has 1 atom stereocenters. The number of rotatable bonds is 4. The van der Waals surface area contributed by atoms with Gasteiger partial charge in [0.25, 0.3) is 0 Å². The summed E-state index contributed by atoms with van der Waals surface area (Å²) in [4.78, 5) is 25.5. The number of hydrogen-bond donors (Lipinski definition) is 1. The molecule has 0 bridgehead atoms. The van der Waals surface area contributed by atoms with Crippen LogP contribution in [-0.2, 0) is 16.0 Å². The minimum atomic E-state index is -0.714. The number of hydrogen-bond acceptors (Lipinski definition) is 5. The molecule has 170 valence electrons. The minimum absolute atomic E-state index is 0.0721. The van der Waals surface area contributed by atoms with Crippen LogP contribution in [0.4, 0.5) is 0 Å². The lowest BCUT2D eigenvalue weighted by Gasteiger charge is -2.28. The summed E-state index contributed by atoms with van der Waals surface area (Å²) in [6.45, 7) is 11.1. The van der Waals surface area contributed by atoms with Gasteiger partial charge in [0.15, 0.2) is 11.5 Å². The predicted octanol–water partition coefficient (Wildman–Crippen LogP) is 5.27. The summed E-state index contributed by atoms with van der Waals surface area (Å²) in [5, 5.41) is 0. The zero-order valence-electron chi connectivity index (χ0n) is 19.8. The van der Waals surface area contributed by atoms with Gasteiger partial charge in [0, 0.05) is 18.0 Å². The maximum atomic E-state index is 12.9. The van der Waals surface area contributed by atoms with Crippen LogP contribution >= 0.6 is 0 Å². The molecule has 0 heterocycles. The lowest BCUT2D eigenvalue weighted by Crippen LogP contribution is -2.29. The summed E-state index contributed by atoms with van der Waals surface area (Å²) >= 11 is 0. The van der Waals surface area contributed by atoms with Gasteiger partial charge >= 0.3 is 11.9 Å². The largest absolute Gasteiger partial charge is 0.422 e. The van der Waals surface area contributed by atoms with Gasteiger partial charge in [0.05, 0.1) is 10.8 Å². The quantitative estimate of drug-likeness (QED) is 0.523. The zero-order chi connectivity index (χ0) is 23.7. The van der Waals surface area contributed by atoms with E-state index in [-0.39, 0.29) is 17.6 Å². The van der Waals surface area contributed by atoms with Gasteiger partial charge < -0.3 is 15.2 Å². The lowest BCUT2D eigenvalue weighted by atomic mass is 9.80. The van der Waals surface area contributed by atoms with Gasteiger partial charge in [-0.15, -0.1) is 0 Å². The third-order valence-corrected chi connectivity index (χ3v) is 5.47. The topological polar surface area (TPSA) is 78.6 Å². The van der Waals surface area contributed by atoms with E-state index in [0.29, 0.717) is 18.7 Å². The molecule has 5 heteroatoms. The van der Waals surface area contributed by atoms with Crippen molar-refractivity contribution in [3.8, 4) is 11.5 Å². The standard InChI is InChI=1S/C27H33NO4/c1-26(2,3)24(29)31-22-13-12-20-19(16-28)14-18(17-10-8-7-9-11-17)15-21(20)23(22)32-25(30)27(4,5)6/h7-14,18H,15-16,28H2,1-6H3. The Morgan fingerprint density at radius 3 is 2.06 bits per heavy atom. The highest BCUT2D eigenvalue weighted by atomic mass is 16.6. The van der Waals surface area contributed by atoms with E-state index in [1.54, 1.807) is 47.6 Å². The average Bonchev–Trinajstić information content (AvgIpc) is 2.73. The Morgan fingerprint density at radius 2 is 1.50 bits per heavy atom. The third-order valence-electron chi connectivity index (χ3n) is 5.47. The molecule has 0 saturated heterocycles. The van der Waals surface area contributed by atoms with Crippen LogP contribution in [-0.4, -0.2) is 18.5 Å². The number of esters is 2. The van der Waals surface area contributed by atoms with E-state index in [1.807, 2.05) is 24.3 Å². The van der Waals surface area contributed by atoms with Crippen LogP contribution in [0.1, 0.15) is 64.2 Å². The number of nitrogens with two attached hydrogens (primary N) is 1. The molecule has 1 aliphatic rings. The Bertz CT molecular complexity index is 1040. The van der Waals surface area contributed by atoms with Crippen molar-refractivity contribution in [3.63, 3.8) is 0 Å². The summed E-state index contributed by atoms with van der Waals surface area (Å²) in [7, 11) is 0. The first-order valence-corrected chi connectivity index (χ1v) is 11.0. The molecular formula is C27H33NO4. The van der Waals surface area contributed by atoms with Crippen molar-refractivity contribution in [3.05, 3.63) is 65.2 Å². The van der Waals surface area contributed by atoms with Crippen LogP contribution in [0.15, 0.2) is 48.5 Å². The van der Waals surface area contributed by atoms with Gasteiger partial charge in [-0.25, -0.2) is 0 Å². The van der Waals surface area contributed by atoms with E-state index in [1.165, 1.54) is 0 Å². The molecule has 0 fully saturated rings. The monoisotopic (exact) mass is 435 g/mol. The fourth-order valence-corrected chi connectivity index (χ4v) is 3.50.